The second kappa shape index (κ2) is 7.76. The number of ether oxygens (including phenoxy) is 1. The fraction of sp³-hybridized carbons (Fsp3) is 0.304. The van der Waals surface area contributed by atoms with E-state index in [4.69, 9.17) is 4.74 Å². The van der Waals surface area contributed by atoms with Crippen LogP contribution < -0.4 is 9.64 Å². The summed E-state index contributed by atoms with van der Waals surface area (Å²) in [6.45, 7) is 4.10. The SMILES string of the molecule is COc1ccc(N2C(=O)c3[nH]nc(CC(C)C)c3C2c2ccc(C(F)(F)F)cc2)cc1. The van der Waals surface area contributed by atoms with Gasteiger partial charge in [0.15, 0.2) is 0 Å². The molecule has 31 heavy (non-hydrogen) atoms. The number of fused-ring (bicyclic) bond motifs is 1. The van der Waals surface area contributed by atoms with E-state index in [2.05, 4.69) is 10.2 Å². The van der Waals surface area contributed by atoms with Gasteiger partial charge in [-0.25, -0.2) is 0 Å². The number of halogens is 3. The first-order chi connectivity index (χ1) is 14.7. The number of carbonyl (C=O) groups is 1. The summed E-state index contributed by atoms with van der Waals surface area (Å²) in [5, 5.41) is 7.20. The van der Waals surface area contributed by atoms with Crippen molar-refractivity contribution < 1.29 is 22.7 Å². The Labute approximate surface area is 177 Å². The third-order valence-corrected chi connectivity index (χ3v) is 5.35. The Hall–Kier alpha value is -3.29. The molecule has 0 aliphatic carbocycles. The molecule has 2 heterocycles. The lowest BCUT2D eigenvalue weighted by Gasteiger charge is -2.27. The van der Waals surface area contributed by atoms with E-state index in [-0.39, 0.29) is 5.91 Å². The summed E-state index contributed by atoms with van der Waals surface area (Å²) in [5.41, 5.74) is 2.31. The molecule has 1 aliphatic heterocycles. The molecule has 0 fully saturated rings. The van der Waals surface area contributed by atoms with Gasteiger partial charge < -0.3 is 4.74 Å². The number of nitrogens with one attached hydrogen (secondary N) is 1. The van der Waals surface area contributed by atoms with Crippen LogP contribution in [-0.4, -0.2) is 23.2 Å². The maximum Gasteiger partial charge on any atom is 0.416 e. The first kappa shape index (κ1) is 21.0. The standard InChI is InChI=1S/C23H22F3N3O2/c1-13(2)12-18-19-20(28-27-18)22(30)29(16-8-10-17(31-3)11-9-16)21(19)14-4-6-15(7-5-14)23(24,25)26/h4-11,13,21H,12H2,1-3H3,(H,27,28). The molecule has 1 aliphatic rings. The van der Waals surface area contributed by atoms with Crippen LogP contribution in [0.15, 0.2) is 48.5 Å². The molecular formula is C23H22F3N3O2. The molecule has 4 rings (SSSR count). The van der Waals surface area contributed by atoms with Gasteiger partial charge in [0.25, 0.3) is 5.91 Å². The maximum absolute atomic E-state index is 13.3. The highest BCUT2D eigenvalue weighted by Crippen LogP contribution is 2.43. The fourth-order valence-corrected chi connectivity index (χ4v) is 3.93. The number of nitrogens with zero attached hydrogens (tertiary/aromatic N) is 2. The van der Waals surface area contributed by atoms with Crippen LogP contribution in [-0.2, 0) is 12.6 Å². The number of alkyl halides is 3. The minimum atomic E-state index is -4.43. The van der Waals surface area contributed by atoms with Crippen molar-refractivity contribution in [1.82, 2.24) is 10.2 Å². The summed E-state index contributed by atoms with van der Waals surface area (Å²) in [5.74, 6) is 0.667. The van der Waals surface area contributed by atoms with Gasteiger partial charge in [0.1, 0.15) is 11.4 Å². The molecule has 5 nitrogen and oxygen atoms in total. The van der Waals surface area contributed by atoms with Gasteiger partial charge in [0.2, 0.25) is 0 Å². The summed E-state index contributed by atoms with van der Waals surface area (Å²) < 4.78 is 44.4. The van der Waals surface area contributed by atoms with Crippen molar-refractivity contribution in [3.63, 3.8) is 0 Å². The average molecular weight is 429 g/mol. The smallest absolute Gasteiger partial charge is 0.416 e. The Balaban J connectivity index is 1.84. The van der Waals surface area contributed by atoms with Crippen LogP contribution in [0.4, 0.5) is 18.9 Å². The lowest BCUT2D eigenvalue weighted by molar-refractivity contribution is -0.137. The van der Waals surface area contributed by atoms with Crippen LogP contribution in [0.1, 0.15) is 52.8 Å². The molecular weight excluding hydrogens is 407 g/mol. The maximum atomic E-state index is 13.3. The highest BCUT2D eigenvalue weighted by molar-refractivity contribution is 6.10. The van der Waals surface area contributed by atoms with Crippen molar-refractivity contribution >= 4 is 11.6 Å². The zero-order valence-corrected chi connectivity index (χ0v) is 17.3. The van der Waals surface area contributed by atoms with E-state index in [0.29, 0.717) is 40.6 Å². The summed E-state index contributed by atoms with van der Waals surface area (Å²) in [4.78, 5) is 14.9. The molecule has 0 saturated heterocycles. The molecule has 8 heteroatoms. The molecule has 1 aromatic heterocycles. The summed E-state index contributed by atoms with van der Waals surface area (Å²) in [7, 11) is 1.55. The van der Waals surface area contributed by atoms with Crippen LogP contribution in [0, 0.1) is 5.92 Å². The number of methoxy groups -OCH3 is 1. The van der Waals surface area contributed by atoms with Crippen molar-refractivity contribution in [1.29, 1.82) is 0 Å². The van der Waals surface area contributed by atoms with Gasteiger partial charge in [-0.2, -0.15) is 18.3 Å². The molecule has 162 valence electrons. The van der Waals surface area contributed by atoms with Gasteiger partial charge in [-0.15, -0.1) is 0 Å². The van der Waals surface area contributed by atoms with E-state index in [1.807, 2.05) is 13.8 Å². The first-order valence-electron chi connectivity index (χ1n) is 9.92. The summed E-state index contributed by atoms with van der Waals surface area (Å²) in [6, 6.07) is 11.4. The van der Waals surface area contributed by atoms with Crippen molar-refractivity contribution in [3.05, 3.63) is 76.6 Å². The Morgan fingerprint density at radius 3 is 2.29 bits per heavy atom. The number of anilines is 1. The quantitative estimate of drug-likeness (QED) is 0.592. The summed E-state index contributed by atoms with van der Waals surface area (Å²) in [6.07, 6.45) is -3.78. The van der Waals surface area contributed by atoms with E-state index in [1.54, 1.807) is 36.3 Å². The number of aromatic nitrogens is 2. The van der Waals surface area contributed by atoms with Gasteiger partial charge in [-0.3, -0.25) is 14.8 Å². The zero-order chi connectivity index (χ0) is 22.3. The van der Waals surface area contributed by atoms with E-state index < -0.39 is 17.8 Å². The van der Waals surface area contributed by atoms with Crippen LogP contribution in [0.3, 0.4) is 0 Å². The highest BCUT2D eigenvalue weighted by atomic mass is 19.4. The molecule has 2 aromatic carbocycles. The van der Waals surface area contributed by atoms with Crippen molar-refractivity contribution in [3.8, 4) is 5.75 Å². The monoisotopic (exact) mass is 429 g/mol. The molecule has 1 amide bonds. The minimum absolute atomic E-state index is 0.271. The number of amides is 1. The number of H-pyrrole nitrogens is 1. The van der Waals surface area contributed by atoms with Crippen LogP contribution in [0.2, 0.25) is 0 Å². The van der Waals surface area contributed by atoms with E-state index in [9.17, 15) is 18.0 Å². The van der Waals surface area contributed by atoms with Crippen LogP contribution >= 0.6 is 0 Å². The lowest BCUT2D eigenvalue weighted by atomic mass is 9.94. The second-order valence-electron chi connectivity index (χ2n) is 7.95. The third kappa shape index (κ3) is 3.78. The van der Waals surface area contributed by atoms with E-state index >= 15 is 0 Å². The van der Waals surface area contributed by atoms with Crippen molar-refractivity contribution in [2.45, 2.75) is 32.5 Å². The number of rotatable bonds is 5. The Kier molecular flexibility index (Phi) is 5.24. The van der Waals surface area contributed by atoms with E-state index in [0.717, 1.165) is 17.8 Å². The van der Waals surface area contributed by atoms with Gasteiger partial charge in [-0.05, 0) is 54.3 Å². The molecule has 3 aromatic rings. The number of benzene rings is 2. The van der Waals surface area contributed by atoms with Crippen LogP contribution in [0.5, 0.6) is 5.75 Å². The summed E-state index contributed by atoms with van der Waals surface area (Å²) >= 11 is 0. The van der Waals surface area contributed by atoms with Gasteiger partial charge >= 0.3 is 6.18 Å². The topological polar surface area (TPSA) is 58.2 Å². The number of carbonyl (C=O) groups excluding carboxylic acids is 1. The van der Waals surface area contributed by atoms with Crippen LogP contribution in [0.25, 0.3) is 0 Å². The van der Waals surface area contributed by atoms with Crippen molar-refractivity contribution in [2.75, 3.05) is 12.0 Å². The Bertz CT molecular complexity index is 1090. The fourth-order valence-electron chi connectivity index (χ4n) is 3.93. The normalized spacial score (nSPS) is 16.2. The molecule has 0 bridgehead atoms. The largest absolute Gasteiger partial charge is 0.497 e. The average Bonchev–Trinajstić information content (AvgIpc) is 3.26. The lowest BCUT2D eigenvalue weighted by Crippen LogP contribution is -2.29. The minimum Gasteiger partial charge on any atom is -0.497 e. The molecule has 1 atom stereocenters. The van der Waals surface area contributed by atoms with Gasteiger partial charge in [0, 0.05) is 11.3 Å². The van der Waals surface area contributed by atoms with Gasteiger partial charge in [0.05, 0.1) is 24.4 Å². The van der Waals surface area contributed by atoms with E-state index in [1.165, 1.54) is 12.1 Å². The second-order valence-corrected chi connectivity index (χ2v) is 7.95. The zero-order valence-electron chi connectivity index (χ0n) is 17.3. The molecule has 1 unspecified atom stereocenters. The van der Waals surface area contributed by atoms with Gasteiger partial charge in [-0.1, -0.05) is 26.0 Å². The number of hydrogen-bond acceptors (Lipinski definition) is 3. The molecule has 0 spiro atoms. The first-order valence-corrected chi connectivity index (χ1v) is 9.92. The predicted molar refractivity (Wildman–Crippen MR) is 110 cm³/mol. The number of aromatic amines is 1. The predicted octanol–water partition coefficient (Wildman–Crippen LogP) is 5.39. The molecule has 0 saturated carbocycles. The molecule has 0 radical (unpaired) electrons. The Morgan fingerprint density at radius 2 is 1.74 bits per heavy atom. The highest BCUT2D eigenvalue weighted by Gasteiger charge is 2.43. The Morgan fingerprint density at radius 1 is 1.10 bits per heavy atom. The van der Waals surface area contributed by atoms with Crippen molar-refractivity contribution in [2.24, 2.45) is 5.92 Å². The third-order valence-electron chi connectivity index (χ3n) is 5.35. The molecule has 1 N–H and O–H groups in total. The number of hydrogen-bond donors (Lipinski definition) is 1.